The molecule has 3 rings (SSSR count). The molecular formula is C18H17Cl2NO4S. The lowest BCUT2D eigenvalue weighted by Gasteiger charge is -2.17. The van der Waals surface area contributed by atoms with Crippen LogP contribution in [0.4, 0.5) is 0 Å². The minimum Gasteiger partial charge on any atom is -0.423 e. The van der Waals surface area contributed by atoms with Crippen molar-refractivity contribution in [3.63, 3.8) is 0 Å². The number of ether oxygens (including phenoxy) is 1. The second-order valence-electron chi connectivity index (χ2n) is 6.06. The van der Waals surface area contributed by atoms with Gasteiger partial charge in [-0.3, -0.25) is 0 Å². The number of aryl methyl sites for hydroxylation is 1. The van der Waals surface area contributed by atoms with Crippen LogP contribution in [0.3, 0.4) is 0 Å². The summed E-state index contributed by atoms with van der Waals surface area (Å²) < 4.78 is 32.3. The van der Waals surface area contributed by atoms with E-state index in [-0.39, 0.29) is 15.5 Å². The standard InChI is InChI=1S/C18H17Cl2NO4S/c1-12-10-14(19)5-7-16(12)25-18(22)13-4-6-15(20)17(11-13)26(23,24)21-8-2-3-9-21/h4-7,10-11H,2-3,8-9H2,1H3. The molecule has 5 nitrogen and oxygen atoms in total. The predicted molar refractivity (Wildman–Crippen MR) is 101 cm³/mol. The summed E-state index contributed by atoms with van der Waals surface area (Å²) in [4.78, 5) is 12.4. The van der Waals surface area contributed by atoms with E-state index in [9.17, 15) is 13.2 Å². The Balaban J connectivity index is 1.90. The number of sulfonamides is 1. The van der Waals surface area contributed by atoms with Crippen LogP contribution in [0.2, 0.25) is 10.0 Å². The van der Waals surface area contributed by atoms with E-state index >= 15 is 0 Å². The number of nitrogens with zero attached hydrogens (tertiary/aromatic N) is 1. The van der Waals surface area contributed by atoms with Gasteiger partial charge in [-0.1, -0.05) is 23.2 Å². The Kier molecular flexibility index (Phi) is 5.58. The van der Waals surface area contributed by atoms with Crippen LogP contribution in [-0.2, 0) is 10.0 Å². The van der Waals surface area contributed by atoms with Crippen LogP contribution >= 0.6 is 23.2 Å². The molecule has 8 heteroatoms. The zero-order valence-corrected chi connectivity index (χ0v) is 16.4. The zero-order valence-electron chi connectivity index (χ0n) is 14.0. The molecular weight excluding hydrogens is 397 g/mol. The van der Waals surface area contributed by atoms with Crippen LogP contribution in [0.15, 0.2) is 41.3 Å². The normalized spacial score (nSPS) is 15.2. The topological polar surface area (TPSA) is 63.7 Å². The summed E-state index contributed by atoms with van der Waals surface area (Å²) in [5.41, 5.74) is 0.811. The summed E-state index contributed by atoms with van der Waals surface area (Å²) in [7, 11) is -3.74. The van der Waals surface area contributed by atoms with Crippen LogP contribution in [0, 0.1) is 6.92 Å². The van der Waals surface area contributed by atoms with Gasteiger partial charge in [-0.2, -0.15) is 4.31 Å². The van der Waals surface area contributed by atoms with Crippen LogP contribution in [0.5, 0.6) is 5.75 Å². The van der Waals surface area contributed by atoms with Gasteiger partial charge >= 0.3 is 5.97 Å². The third-order valence-corrected chi connectivity index (χ3v) is 6.80. The largest absolute Gasteiger partial charge is 0.423 e. The molecule has 0 aromatic heterocycles. The first-order valence-electron chi connectivity index (χ1n) is 8.07. The van der Waals surface area contributed by atoms with Gasteiger partial charge in [0.25, 0.3) is 0 Å². The molecule has 1 fully saturated rings. The summed E-state index contributed by atoms with van der Waals surface area (Å²) >= 11 is 12.0. The fourth-order valence-corrected chi connectivity index (χ4v) is 5.03. The summed E-state index contributed by atoms with van der Waals surface area (Å²) in [5, 5.41) is 0.615. The van der Waals surface area contributed by atoms with Crippen molar-refractivity contribution in [1.82, 2.24) is 4.31 Å². The molecule has 1 aliphatic heterocycles. The Hall–Kier alpha value is -1.60. The van der Waals surface area contributed by atoms with E-state index in [0.717, 1.165) is 12.8 Å². The zero-order chi connectivity index (χ0) is 18.9. The van der Waals surface area contributed by atoms with Crippen molar-refractivity contribution < 1.29 is 17.9 Å². The lowest BCUT2D eigenvalue weighted by Crippen LogP contribution is -2.28. The fourth-order valence-electron chi connectivity index (χ4n) is 2.78. The van der Waals surface area contributed by atoms with Crippen molar-refractivity contribution in [2.45, 2.75) is 24.7 Å². The van der Waals surface area contributed by atoms with E-state index in [2.05, 4.69) is 0 Å². The first kappa shape index (κ1) is 19.2. The molecule has 0 saturated carbocycles. The highest BCUT2D eigenvalue weighted by Crippen LogP contribution is 2.29. The van der Waals surface area contributed by atoms with Crippen molar-refractivity contribution in [2.24, 2.45) is 0 Å². The van der Waals surface area contributed by atoms with E-state index in [1.807, 2.05) is 0 Å². The lowest BCUT2D eigenvalue weighted by atomic mass is 10.2. The number of carbonyl (C=O) groups is 1. The van der Waals surface area contributed by atoms with Crippen molar-refractivity contribution >= 4 is 39.2 Å². The minimum absolute atomic E-state index is 0.0797. The third kappa shape index (κ3) is 3.88. The molecule has 0 unspecified atom stereocenters. The number of hydrogen-bond donors (Lipinski definition) is 0. The molecule has 0 bridgehead atoms. The van der Waals surface area contributed by atoms with Gasteiger partial charge in [0.05, 0.1) is 10.6 Å². The molecule has 26 heavy (non-hydrogen) atoms. The first-order valence-corrected chi connectivity index (χ1v) is 10.3. The smallest absolute Gasteiger partial charge is 0.343 e. The Labute approximate surface area is 162 Å². The molecule has 1 saturated heterocycles. The van der Waals surface area contributed by atoms with Crippen LogP contribution in [-0.4, -0.2) is 31.8 Å². The highest BCUT2D eigenvalue weighted by Gasteiger charge is 2.30. The molecule has 0 aliphatic carbocycles. The highest BCUT2D eigenvalue weighted by molar-refractivity contribution is 7.89. The summed E-state index contributed by atoms with van der Waals surface area (Å²) in [6, 6.07) is 8.99. The molecule has 0 spiro atoms. The fraction of sp³-hybridized carbons (Fsp3) is 0.278. The van der Waals surface area contributed by atoms with Gasteiger partial charge in [-0.25, -0.2) is 13.2 Å². The second kappa shape index (κ2) is 7.56. The Morgan fingerprint density at radius 2 is 1.77 bits per heavy atom. The second-order valence-corrected chi connectivity index (χ2v) is 8.81. The maximum Gasteiger partial charge on any atom is 0.343 e. The van der Waals surface area contributed by atoms with Gasteiger partial charge in [0.2, 0.25) is 10.0 Å². The number of rotatable bonds is 4. The van der Waals surface area contributed by atoms with E-state index in [1.165, 1.54) is 22.5 Å². The van der Waals surface area contributed by atoms with Gasteiger partial charge in [-0.15, -0.1) is 0 Å². The minimum atomic E-state index is -3.74. The summed E-state index contributed by atoms with van der Waals surface area (Å²) in [6.07, 6.45) is 1.63. The molecule has 1 aliphatic rings. The highest BCUT2D eigenvalue weighted by atomic mass is 35.5. The van der Waals surface area contributed by atoms with E-state index in [4.69, 9.17) is 27.9 Å². The van der Waals surface area contributed by atoms with Gasteiger partial charge in [0.1, 0.15) is 10.6 Å². The van der Waals surface area contributed by atoms with Gasteiger partial charge < -0.3 is 4.74 Å². The Bertz CT molecular complexity index is 954. The average molecular weight is 414 g/mol. The summed E-state index contributed by atoms with van der Waals surface area (Å²) in [5.74, 6) is -0.303. The number of halogens is 2. The monoisotopic (exact) mass is 413 g/mol. The number of carbonyl (C=O) groups excluding carboxylic acids is 1. The maximum atomic E-state index is 12.8. The quantitative estimate of drug-likeness (QED) is 0.553. The average Bonchev–Trinajstić information content (AvgIpc) is 3.13. The molecule has 0 radical (unpaired) electrons. The maximum absolute atomic E-state index is 12.8. The van der Waals surface area contributed by atoms with E-state index < -0.39 is 16.0 Å². The van der Waals surface area contributed by atoms with Crippen molar-refractivity contribution in [3.8, 4) is 5.75 Å². The number of benzene rings is 2. The molecule has 0 atom stereocenters. The van der Waals surface area contributed by atoms with Crippen LogP contribution < -0.4 is 4.74 Å². The Morgan fingerprint density at radius 3 is 2.42 bits per heavy atom. The number of esters is 1. The van der Waals surface area contributed by atoms with Crippen molar-refractivity contribution in [2.75, 3.05) is 13.1 Å². The molecule has 2 aromatic rings. The first-order chi connectivity index (χ1) is 12.3. The van der Waals surface area contributed by atoms with Gasteiger partial charge in [0, 0.05) is 18.1 Å². The van der Waals surface area contributed by atoms with Gasteiger partial charge in [0.15, 0.2) is 0 Å². The number of hydrogen-bond acceptors (Lipinski definition) is 4. The van der Waals surface area contributed by atoms with E-state index in [0.29, 0.717) is 29.4 Å². The van der Waals surface area contributed by atoms with Crippen molar-refractivity contribution in [1.29, 1.82) is 0 Å². The van der Waals surface area contributed by atoms with E-state index in [1.54, 1.807) is 25.1 Å². The Morgan fingerprint density at radius 1 is 1.08 bits per heavy atom. The van der Waals surface area contributed by atoms with Crippen LogP contribution in [0.25, 0.3) is 0 Å². The third-order valence-electron chi connectivity index (χ3n) is 4.19. The summed E-state index contributed by atoms with van der Waals surface area (Å²) in [6.45, 7) is 2.67. The molecule has 138 valence electrons. The molecule has 0 N–H and O–H groups in total. The van der Waals surface area contributed by atoms with Crippen molar-refractivity contribution in [3.05, 3.63) is 57.6 Å². The van der Waals surface area contributed by atoms with Gasteiger partial charge in [-0.05, 0) is 61.7 Å². The molecule has 1 heterocycles. The lowest BCUT2D eigenvalue weighted by molar-refractivity contribution is 0.0733. The molecule has 0 amide bonds. The SMILES string of the molecule is Cc1cc(Cl)ccc1OC(=O)c1ccc(Cl)c(S(=O)(=O)N2CCCC2)c1. The van der Waals surface area contributed by atoms with Crippen LogP contribution in [0.1, 0.15) is 28.8 Å². The molecule has 2 aromatic carbocycles. The predicted octanol–water partition coefficient (Wildman–Crippen LogP) is 4.31.